The van der Waals surface area contributed by atoms with Gasteiger partial charge in [0, 0.05) is 45.2 Å². The summed E-state index contributed by atoms with van der Waals surface area (Å²) in [6.45, 7) is 3.51. The second-order valence-electron chi connectivity index (χ2n) is 6.13. The molecule has 0 N–H and O–H groups in total. The van der Waals surface area contributed by atoms with Gasteiger partial charge in [0.15, 0.2) is 0 Å². The lowest BCUT2D eigenvalue weighted by Crippen LogP contribution is -2.45. The van der Waals surface area contributed by atoms with Gasteiger partial charge in [-0.05, 0) is 13.0 Å². The van der Waals surface area contributed by atoms with E-state index in [0.717, 1.165) is 26.1 Å². The van der Waals surface area contributed by atoms with Crippen molar-refractivity contribution in [2.45, 2.75) is 31.7 Å². The fourth-order valence-electron chi connectivity index (χ4n) is 3.15. The average Bonchev–Trinajstić information content (AvgIpc) is 3.16. The maximum atomic E-state index is 13.2. The molecule has 8 heteroatoms. The summed E-state index contributed by atoms with van der Waals surface area (Å²) in [6, 6.07) is 0. The minimum absolute atomic E-state index is 0.0405. The Balaban J connectivity index is 1.45. The van der Waals surface area contributed by atoms with E-state index in [1.807, 2.05) is 6.20 Å². The molecular formula is C14H21F2N5O. The molecular weight excluding hydrogens is 292 g/mol. The molecule has 0 bridgehead atoms. The van der Waals surface area contributed by atoms with E-state index in [-0.39, 0.29) is 37.8 Å². The van der Waals surface area contributed by atoms with Crippen molar-refractivity contribution in [1.29, 1.82) is 0 Å². The quantitative estimate of drug-likeness (QED) is 0.827. The summed E-state index contributed by atoms with van der Waals surface area (Å²) in [6.07, 6.45) is 3.85. The number of rotatable bonds is 4. The van der Waals surface area contributed by atoms with Gasteiger partial charge in [-0.15, -0.1) is 5.10 Å². The molecule has 122 valence electrons. The van der Waals surface area contributed by atoms with Gasteiger partial charge in [0.25, 0.3) is 5.92 Å². The Morgan fingerprint density at radius 2 is 2.00 bits per heavy atom. The number of hydrogen-bond acceptors (Lipinski definition) is 4. The molecule has 2 aliphatic heterocycles. The summed E-state index contributed by atoms with van der Waals surface area (Å²) in [4.78, 5) is 16.3. The van der Waals surface area contributed by atoms with Gasteiger partial charge >= 0.3 is 0 Å². The standard InChI is InChI=1S/C14H21F2N5O/c15-14(16)2-6-20(7-3-14)13(22)12-1-5-19(11-12)9-10-21-8-4-17-18-21/h4,8,12H,1-3,5-7,9-11H2. The highest BCUT2D eigenvalue weighted by Crippen LogP contribution is 2.29. The third kappa shape index (κ3) is 3.60. The lowest BCUT2D eigenvalue weighted by molar-refractivity contribution is -0.141. The Bertz CT molecular complexity index is 497. The summed E-state index contributed by atoms with van der Waals surface area (Å²) >= 11 is 0. The van der Waals surface area contributed by atoms with Crippen molar-refractivity contribution in [3.63, 3.8) is 0 Å². The molecule has 0 radical (unpaired) electrons. The van der Waals surface area contributed by atoms with Crippen LogP contribution < -0.4 is 0 Å². The van der Waals surface area contributed by atoms with Gasteiger partial charge in [0.1, 0.15) is 0 Å². The molecule has 1 aromatic rings. The maximum Gasteiger partial charge on any atom is 0.251 e. The highest BCUT2D eigenvalue weighted by Gasteiger charge is 2.38. The van der Waals surface area contributed by atoms with Crippen LogP contribution >= 0.6 is 0 Å². The van der Waals surface area contributed by atoms with Crippen LogP contribution in [0.1, 0.15) is 19.3 Å². The molecule has 0 saturated carbocycles. The minimum Gasteiger partial charge on any atom is -0.342 e. The van der Waals surface area contributed by atoms with Crippen molar-refractivity contribution in [1.82, 2.24) is 24.8 Å². The van der Waals surface area contributed by atoms with Crippen LogP contribution in [0.5, 0.6) is 0 Å². The lowest BCUT2D eigenvalue weighted by Gasteiger charge is -2.33. The Morgan fingerprint density at radius 3 is 2.68 bits per heavy atom. The number of halogens is 2. The van der Waals surface area contributed by atoms with Gasteiger partial charge in [-0.25, -0.2) is 8.78 Å². The summed E-state index contributed by atoms with van der Waals surface area (Å²) < 4.78 is 28.1. The third-order valence-corrected chi connectivity index (χ3v) is 4.55. The Hall–Kier alpha value is -1.57. The second-order valence-corrected chi connectivity index (χ2v) is 6.13. The number of hydrogen-bond donors (Lipinski definition) is 0. The van der Waals surface area contributed by atoms with Gasteiger partial charge in [-0.2, -0.15) is 0 Å². The van der Waals surface area contributed by atoms with Crippen molar-refractivity contribution >= 4 is 5.91 Å². The van der Waals surface area contributed by atoms with Crippen LogP contribution in [0.15, 0.2) is 12.4 Å². The lowest BCUT2D eigenvalue weighted by atomic mass is 10.0. The highest BCUT2D eigenvalue weighted by molar-refractivity contribution is 5.79. The average molecular weight is 313 g/mol. The Morgan fingerprint density at radius 1 is 1.23 bits per heavy atom. The molecule has 1 amide bonds. The molecule has 1 atom stereocenters. The summed E-state index contributed by atoms with van der Waals surface area (Å²) in [5.74, 6) is -2.61. The van der Waals surface area contributed by atoms with E-state index in [0.29, 0.717) is 6.54 Å². The number of likely N-dealkylation sites (tertiary alicyclic amines) is 2. The van der Waals surface area contributed by atoms with E-state index in [1.54, 1.807) is 15.8 Å². The number of piperidine rings is 1. The Kier molecular flexibility index (Phi) is 4.37. The normalized spacial score (nSPS) is 25.5. The SMILES string of the molecule is O=C(C1CCN(CCn2ccnn2)C1)N1CCC(F)(F)CC1. The zero-order chi connectivity index (χ0) is 15.6. The molecule has 2 aliphatic rings. The first kappa shape index (κ1) is 15.3. The van der Waals surface area contributed by atoms with Crippen LogP contribution in [0, 0.1) is 5.92 Å². The predicted molar refractivity (Wildman–Crippen MR) is 75.3 cm³/mol. The van der Waals surface area contributed by atoms with Crippen molar-refractivity contribution in [3.05, 3.63) is 12.4 Å². The number of carbonyl (C=O) groups excluding carboxylic acids is 1. The van der Waals surface area contributed by atoms with Gasteiger partial charge in [0.2, 0.25) is 5.91 Å². The van der Waals surface area contributed by atoms with Gasteiger partial charge in [0.05, 0.1) is 18.7 Å². The molecule has 2 saturated heterocycles. The smallest absolute Gasteiger partial charge is 0.251 e. The van der Waals surface area contributed by atoms with Crippen LogP contribution in [0.4, 0.5) is 8.78 Å². The van der Waals surface area contributed by atoms with Gasteiger partial charge in [-0.1, -0.05) is 5.21 Å². The molecule has 0 aliphatic carbocycles. The first-order chi connectivity index (χ1) is 10.5. The number of aromatic nitrogens is 3. The molecule has 1 aromatic heterocycles. The van der Waals surface area contributed by atoms with Gasteiger partial charge < -0.3 is 9.80 Å². The van der Waals surface area contributed by atoms with Gasteiger partial charge in [-0.3, -0.25) is 9.48 Å². The molecule has 22 heavy (non-hydrogen) atoms. The van der Waals surface area contributed by atoms with E-state index in [2.05, 4.69) is 15.2 Å². The third-order valence-electron chi connectivity index (χ3n) is 4.55. The number of carbonyl (C=O) groups is 1. The summed E-state index contributed by atoms with van der Waals surface area (Å²) in [5.41, 5.74) is 0. The largest absolute Gasteiger partial charge is 0.342 e. The zero-order valence-electron chi connectivity index (χ0n) is 12.5. The molecule has 3 rings (SSSR count). The monoisotopic (exact) mass is 313 g/mol. The molecule has 0 spiro atoms. The minimum atomic E-state index is -2.60. The molecule has 6 nitrogen and oxygen atoms in total. The van der Waals surface area contributed by atoms with Crippen molar-refractivity contribution in [3.8, 4) is 0 Å². The van der Waals surface area contributed by atoms with Crippen molar-refractivity contribution < 1.29 is 13.6 Å². The number of alkyl halides is 2. The number of nitrogens with zero attached hydrogens (tertiary/aromatic N) is 5. The Labute approximate surface area is 128 Å². The van der Waals surface area contributed by atoms with E-state index < -0.39 is 5.92 Å². The predicted octanol–water partition coefficient (Wildman–Crippen LogP) is 0.858. The van der Waals surface area contributed by atoms with Crippen LogP contribution in [-0.4, -0.2) is 69.3 Å². The number of amides is 1. The fourth-order valence-corrected chi connectivity index (χ4v) is 3.15. The van der Waals surface area contributed by atoms with Crippen LogP contribution in [-0.2, 0) is 11.3 Å². The second kappa shape index (κ2) is 6.28. The van der Waals surface area contributed by atoms with E-state index in [4.69, 9.17) is 0 Å². The zero-order valence-corrected chi connectivity index (χ0v) is 12.5. The van der Waals surface area contributed by atoms with Crippen molar-refractivity contribution in [2.75, 3.05) is 32.7 Å². The van der Waals surface area contributed by atoms with Crippen molar-refractivity contribution in [2.24, 2.45) is 5.92 Å². The fraction of sp³-hybridized carbons (Fsp3) is 0.786. The van der Waals surface area contributed by atoms with Crippen LogP contribution in [0.25, 0.3) is 0 Å². The molecule has 3 heterocycles. The maximum absolute atomic E-state index is 13.2. The topological polar surface area (TPSA) is 54.3 Å². The molecule has 0 aromatic carbocycles. The first-order valence-corrected chi connectivity index (χ1v) is 7.77. The highest BCUT2D eigenvalue weighted by atomic mass is 19.3. The summed E-state index contributed by atoms with van der Waals surface area (Å²) in [5, 5.41) is 7.67. The summed E-state index contributed by atoms with van der Waals surface area (Å²) in [7, 11) is 0. The van der Waals surface area contributed by atoms with Crippen LogP contribution in [0.3, 0.4) is 0 Å². The van der Waals surface area contributed by atoms with E-state index in [9.17, 15) is 13.6 Å². The van der Waals surface area contributed by atoms with E-state index >= 15 is 0 Å². The van der Waals surface area contributed by atoms with E-state index in [1.165, 1.54) is 0 Å². The molecule has 1 unspecified atom stereocenters. The first-order valence-electron chi connectivity index (χ1n) is 7.77. The molecule has 2 fully saturated rings. The van der Waals surface area contributed by atoms with Crippen LogP contribution in [0.2, 0.25) is 0 Å².